The van der Waals surface area contributed by atoms with Crippen LogP contribution in [0.15, 0.2) is 0 Å². The van der Waals surface area contributed by atoms with E-state index in [4.69, 9.17) is 11.6 Å². The van der Waals surface area contributed by atoms with Crippen molar-refractivity contribution in [1.29, 1.82) is 0 Å². The van der Waals surface area contributed by atoms with Crippen LogP contribution in [0.3, 0.4) is 0 Å². The number of alkyl halides is 2. The van der Waals surface area contributed by atoms with E-state index in [9.17, 15) is 9.18 Å². The fourth-order valence-electron chi connectivity index (χ4n) is 1.46. The first-order chi connectivity index (χ1) is 6.58. The van der Waals surface area contributed by atoms with Crippen molar-refractivity contribution < 1.29 is 9.18 Å². The van der Waals surface area contributed by atoms with E-state index in [1.54, 1.807) is 0 Å². The zero-order valence-electron chi connectivity index (χ0n) is 7.46. The van der Waals surface area contributed by atoms with E-state index in [0.717, 1.165) is 15.6 Å². The summed E-state index contributed by atoms with van der Waals surface area (Å²) in [5.41, 5.74) is -1.07. The van der Waals surface area contributed by atoms with Crippen molar-refractivity contribution in [2.75, 3.05) is 0 Å². The van der Waals surface area contributed by atoms with Gasteiger partial charge in [-0.3, -0.25) is 4.79 Å². The van der Waals surface area contributed by atoms with Gasteiger partial charge in [-0.1, -0.05) is 11.6 Å². The second-order valence-corrected chi connectivity index (χ2v) is 4.77. The van der Waals surface area contributed by atoms with E-state index in [1.165, 1.54) is 16.2 Å². The van der Waals surface area contributed by atoms with Gasteiger partial charge in [0.25, 0.3) is 11.5 Å². The van der Waals surface area contributed by atoms with Crippen molar-refractivity contribution in [2.45, 2.75) is 25.6 Å². The number of carbonyl (C=O) groups is 1. The average molecular weight is 235 g/mol. The standard InChI is InChI=1S/C8H8ClFN2OS/c1-4-11-5-2-12(3-6(5)14-4)8(13)7(9)10/h7H,2-3H2,1H3. The van der Waals surface area contributed by atoms with Crippen LogP contribution in [0.2, 0.25) is 0 Å². The fourth-order valence-corrected chi connectivity index (χ4v) is 2.56. The third-order valence-corrected chi connectivity index (χ3v) is 3.24. The quantitative estimate of drug-likeness (QED) is 0.695. The Kier molecular flexibility index (Phi) is 2.45. The van der Waals surface area contributed by atoms with Gasteiger partial charge in [-0.15, -0.1) is 11.3 Å². The molecule has 76 valence electrons. The first-order valence-electron chi connectivity index (χ1n) is 4.10. The van der Waals surface area contributed by atoms with Crippen LogP contribution in [0.1, 0.15) is 15.6 Å². The number of halogens is 2. The topological polar surface area (TPSA) is 33.2 Å². The smallest absolute Gasteiger partial charge is 0.273 e. The molecule has 1 amide bonds. The molecule has 6 heteroatoms. The van der Waals surface area contributed by atoms with E-state index < -0.39 is 11.5 Å². The van der Waals surface area contributed by atoms with Gasteiger partial charge in [-0.25, -0.2) is 9.37 Å². The molecular weight excluding hydrogens is 227 g/mol. The second kappa shape index (κ2) is 3.47. The van der Waals surface area contributed by atoms with Gasteiger partial charge in [0.15, 0.2) is 0 Å². The summed E-state index contributed by atoms with van der Waals surface area (Å²) in [5.74, 6) is -0.672. The molecule has 0 saturated heterocycles. The highest BCUT2D eigenvalue weighted by Crippen LogP contribution is 2.28. The number of aryl methyl sites for hydroxylation is 1. The minimum absolute atomic E-state index is 0.381. The van der Waals surface area contributed by atoms with Crippen LogP contribution < -0.4 is 0 Å². The predicted molar refractivity (Wildman–Crippen MR) is 51.9 cm³/mol. The SMILES string of the molecule is Cc1nc2c(s1)CN(C(=O)C(F)Cl)C2. The van der Waals surface area contributed by atoms with Gasteiger partial charge in [0.2, 0.25) is 0 Å². The molecule has 1 aromatic heterocycles. The first-order valence-corrected chi connectivity index (χ1v) is 5.35. The summed E-state index contributed by atoms with van der Waals surface area (Å²) < 4.78 is 12.5. The van der Waals surface area contributed by atoms with Crippen molar-refractivity contribution in [3.8, 4) is 0 Å². The number of hydrogen-bond acceptors (Lipinski definition) is 3. The summed E-state index contributed by atoms with van der Waals surface area (Å²) >= 11 is 6.61. The molecule has 0 saturated carbocycles. The van der Waals surface area contributed by atoms with Crippen LogP contribution in [0.25, 0.3) is 0 Å². The van der Waals surface area contributed by atoms with E-state index >= 15 is 0 Å². The van der Waals surface area contributed by atoms with Gasteiger partial charge in [0, 0.05) is 4.88 Å². The molecule has 3 nitrogen and oxygen atoms in total. The Balaban J connectivity index is 2.12. The Morgan fingerprint density at radius 1 is 1.71 bits per heavy atom. The maximum atomic E-state index is 12.5. The van der Waals surface area contributed by atoms with Gasteiger partial charge in [-0.05, 0) is 6.92 Å². The van der Waals surface area contributed by atoms with Gasteiger partial charge in [0.05, 0.1) is 23.8 Å². The molecule has 0 N–H and O–H groups in total. The number of nitrogens with zero attached hydrogens (tertiary/aromatic N) is 2. The maximum absolute atomic E-state index is 12.5. The number of rotatable bonds is 1. The summed E-state index contributed by atoms with van der Waals surface area (Å²) in [5, 5.41) is 0.977. The summed E-state index contributed by atoms with van der Waals surface area (Å²) in [4.78, 5) is 17.9. The molecule has 0 spiro atoms. The maximum Gasteiger partial charge on any atom is 0.273 e. The lowest BCUT2D eigenvalue weighted by molar-refractivity contribution is -0.134. The third-order valence-electron chi connectivity index (χ3n) is 2.06. The molecule has 1 aromatic rings. The fraction of sp³-hybridized carbons (Fsp3) is 0.500. The minimum Gasteiger partial charge on any atom is -0.328 e. The normalized spacial score (nSPS) is 16.9. The van der Waals surface area contributed by atoms with Crippen LogP contribution in [-0.2, 0) is 17.9 Å². The Morgan fingerprint density at radius 2 is 2.43 bits per heavy atom. The highest BCUT2D eigenvalue weighted by atomic mass is 35.5. The molecule has 1 atom stereocenters. The molecule has 0 radical (unpaired) electrons. The number of thiazole rings is 1. The molecule has 1 aliphatic heterocycles. The van der Waals surface area contributed by atoms with Crippen molar-refractivity contribution in [2.24, 2.45) is 0 Å². The molecule has 14 heavy (non-hydrogen) atoms. The molecule has 2 rings (SSSR count). The lowest BCUT2D eigenvalue weighted by Crippen LogP contribution is -2.30. The average Bonchev–Trinajstić information content (AvgIpc) is 2.59. The Bertz CT molecular complexity index is 356. The van der Waals surface area contributed by atoms with Crippen molar-refractivity contribution in [1.82, 2.24) is 9.88 Å². The number of fused-ring (bicyclic) bond motifs is 1. The predicted octanol–water partition coefficient (Wildman–Crippen LogP) is 1.83. The van der Waals surface area contributed by atoms with Gasteiger partial charge >= 0.3 is 0 Å². The van der Waals surface area contributed by atoms with E-state index in [2.05, 4.69) is 4.98 Å². The molecule has 1 unspecified atom stereocenters. The number of aromatic nitrogens is 1. The minimum atomic E-state index is -1.94. The summed E-state index contributed by atoms with van der Waals surface area (Å²) in [6.45, 7) is 2.73. The summed E-state index contributed by atoms with van der Waals surface area (Å²) in [6, 6.07) is 0. The number of hydrogen-bond donors (Lipinski definition) is 0. The third kappa shape index (κ3) is 1.62. The Labute approximate surface area is 89.5 Å². The molecule has 1 aliphatic rings. The summed E-state index contributed by atoms with van der Waals surface area (Å²) in [7, 11) is 0. The van der Waals surface area contributed by atoms with E-state index in [0.29, 0.717) is 13.1 Å². The highest BCUT2D eigenvalue weighted by molar-refractivity contribution is 7.11. The van der Waals surface area contributed by atoms with E-state index in [1.807, 2.05) is 6.92 Å². The van der Waals surface area contributed by atoms with Crippen LogP contribution in [0.4, 0.5) is 4.39 Å². The van der Waals surface area contributed by atoms with Crippen molar-refractivity contribution in [3.63, 3.8) is 0 Å². The van der Waals surface area contributed by atoms with Crippen LogP contribution in [0.5, 0.6) is 0 Å². The number of carbonyl (C=O) groups excluding carboxylic acids is 1. The van der Waals surface area contributed by atoms with Crippen molar-refractivity contribution >= 4 is 28.8 Å². The van der Waals surface area contributed by atoms with Crippen LogP contribution in [-0.4, -0.2) is 21.4 Å². The Hall–Kier alpha value is -0.680. The molecule has 0 bridgehead atoms. The molecule has 2 heterocycles. The van der Waals surface area contributed by atoms with Crippen LogP contribution >= 0.6 is 22.9 Å². The molecule has 0 aromatic carbocycles. The zero-order valence-corrected chi connectivity index (χ0v) is 9.03. The van der Waals surface area contributed by atoms with Gasteiger partial charge < -0.3 is 4.90 Å². The lowest BCUT2D eigenvalue weighted by Gasteiger charge is -2.14. The Morgan fingerprint density at radius 3 is 3.00 bits per heavy atom. The van der Waals surface area contributed by atoms with E-state index in [-0.39, 0.29) is 0 Å². The largest absolute Gasteiger partial charge is 0.328 e. The van der Waals surface area contributed by atoms with Crippen LogP contribution in [0, 0.1) is 6.92 Å². The number of amides is 1. The second-order valence-electron chi connectivity index (χ2n) is 3.10. The van der Waals surface area contributed by atoms with Crippen molar-refractivity contribution in [3.05, 3.63) is 15.6 Å². The monoisotopic (exact) mass is 234 g/mol. The van der Waals surface area contributed by atoms with Gasteiger partial charge in [-0.2, -0.15) is 0 Å². The first kappa shape index (κ1) is 9.86. The van der Waals surface area contributed by atoms with Gasteiger partial charge in [0.1, 0.15) is 0 Å². The summed E-state index contributed by atoms with van der Waals surface area (Å²) in [6.07, 6.45) is 0. The molecule has 0 fully saturated rings. The molecule has 0 aliphatic carbocycles. The zero-order chi connectivity index (χ0) is 10.3. The highest BCUT2D eigenvalue weighted by Gasteiger charge is 2.29. The lowest BCUT2D eigenvalue weighted by atomic mass is 10.4. The molecular formula is C8H8ClFN2OS.